The fourth-order valence-electron chi connectivity index (χ4n) is 2.13. The Bertz CT molecular complexity index is 986. The fraction of sp³-hybridized carbons (Fsp3) is 0.0526. The van der Waals surface area contributed by atoms with Crippen molar-refractivity contribution in [3.63, 3.8) is 0 Å². The number of rotatable bonds is 5. The van der Waals surface area contributed by atoms with E-state index in [9.17, 15) is 18.4 Å². The minimum Gasteiger partial charge on any atom is -0.482 e. The Morgan fingerprint density at radius 3 is 2.50 bits per heavy atom. The van der Waals surface area contributed by atoms with Crippen LogP contribution in [0.3, 0.4) is 0 Å². The van der Waals surface area contributed by atoms with Crippen molar-refractivity contribution in [2.24, 2.45) is 0 Å². The van der Waals surface area contributed by atoms with E-state index in [2.05, 4.69) is 5.32 Å². The third-order valence-electron chi connectivity index (χ3n) is 3.44. The van der Waals surface area contributed by atoms with Crippen LogP contribution in [0, 0.1) is 11.6 Å². The van der Waals surface area contributed by atoms with Gasteiger partial charge in [0.2, 0.25) is 11.2 Å². The number of anilines is 1. The number of hydrogen-bond acceptors (Lipinski definition) is 4. The van der Waals surface area contributed by atoms with Gasteiger partial charge in [-0.15, -0.1) is 0 Å². The van der Waals surface area contributed by atoms with Gasteiger partial charge < -0.3 is 14.5 Å². The first kappa shape index (κ1) is 17.3. The highest BCUT2D eigenvalue weighted by Gasteiger charge is 2.13. The lowest BCUT2D eigenvalue weighted by Gasteiger charge is -2.07. The molecule has 3 rings (SSSR count). The summed E-state index contributed by atoms with van der Waals surface area (Å²) in [5.74, 6) is -3.24. The largest absolute Gasteiger partial charge is 0.482 e. The summed E-state index contributed by atoms with van der Waals surface area (Å²) in [6.45, 7) is 0.173. The molecule has 1 amide bonds. The van der Waals surface area contributed by atoms with Gasteiger partial charge in [-0.1, -0.05) is 30.3 Å². The van der Waals surface area contributed by atoms with E-state index in [4.69, 9.17) is 9.15 Å². The maximum absolute atomic E-state index is 13.2. The summed E-state index contributed by atoms with van der Waals surface area (Å²) in [5, 5.41) is 2.31. The second kappa shape index (κ2) is 7.60. The van der Waals surface area contributed by atoms with E-state index in [1.165, 1.54) is 6.07 Å². The minimum absolute atomic E-state index is 0.0287. The highest BCUT2D eigenvalue weighted by molar-refractivity contribution is 6.02. The van der Waals surface area contributed by atoms with Crippen LogP contribution < -0.4 is 15.5 Å². The zero-order valence-corrected chi connectivity index (χ0v) is 13.4. The lowest BCUT2D eigenvalue weighted by Crippen LogP contribution is -2.16. The molecule has 0 aliphatic heterocycles. The molecule has 0 atom stereocenters. The molecule has 132 valence electrons. The molecule has 0 aliphatic carbocycles. The summed E-state index contributed by atoms with van der Waals surface area (Å²) < 4.78 is 36.5. The zero-order valence-electron chi connectivity index (χ0n) is 13.4. The molecule has 1 heterocycles. The number of benzene rings is 2. The van der Waals surface area contributed by atoms with Crippen molar-refractivity contribution in [2.75, 3.05) is 5.32 Å². The van der Waals surface area contributed by atoms with Gasteiger partial charge in [0.1, 0.15) is 12.9 Å². The summed E-state index contributed by atoms with van der Waals surface area (Å²) in [4.78, 5) is 24.1. The molecule has 1 aromatic heterocycles. The normalized spacial score (nSPS) is 10.4. The van der Waals surface area contributed by atoms with E-state index in [1.807, 2.05) is 30.3 Å². The molecular formula is C19H13F2NO4. The van der Waals surface area contributed by atoms with Crippen molar-refractivity contribution in [1.29, 1.82) is 0 Å². The summed E-state index contributed by atoms with van der Waals surface area (Å²) >= 11 is 0. The second-order valence-corrected chi connectivity index (χ2v) is 5.33. The third-order valence-corrected chi connectivity index (χ3v) is 3.44. The van der Waals surface area contributed by atoms with Gasteiger partial charge in [-0.25, -0.2) is 8.78 Å². The third kappa shape index (κ3) is 4.13. The maximum Gasteiger partial charge on any atom is 0.291 e. The standard InChI is InChI=1S/C19H13F2NO4/c20-14-7-6-13(8-15(14)21)22-19(24)17-9-16(23)18(11-26-17)25-10-12-4-2-1-3-5-12/h1-9,11H,10H2,(H,22,24). The van der Waals surface area contributed by atoms with Crippen molar-refractivity contribution < 1.29 is 22.7 Å². The summed E-state index contributed by atoms with van der Waals surface area (Å²) in [6.07, 6.45) is 1.03. The molecule has 0 aliphatic rings. The highest BCUT2D eigenvalue weighted by Crippen LogP contribution is 2.15. The number of halogens is 2. The van der Waals surface area contributed by atoms with Crippen LogP contribution in [0.4, 0.5) is 14.5 Å². The first-order valence-corrected chi connectivity index (χ1v) is 7.59. The molecule has 0 spiro atoms. The van der Waals surface area contributed by atoms with Crippen LogP contribution in [-0.2, 0) is 6.61 Å². The van der Waals surface area contributed by atoms with Crippen LogP contribution >= 0.6 is 0 Å². The Morgan fingerprint density at radius 2 is 1.81 bits per heavy atom. The molecule has 3 aromatic rings. The van der Waals surface area contributed by atoms with Gasteiger partial charge in [0, 0.05) is 17.8 Å². The van der Waals surface area contributed by atoms with Gasteiger partial charge in [-0.3, -0.25) is 9.59 Å². The van der Waals surface area contributed by atoms with E-state index in [-0.39, 0.29) is 23.8 Å². The first-order valence-electron chi connectivity index (χ1n) is 7.59. The molecule has 0 saturated carbocycles. The van der Waals surface area contributed by atoms with Crippen LogP contribution in [-0.4, -0.2) is 5.91 Å². The monoisotopic (exact) mass is 357 g/mol. The molecule has 0 unspecified atom stereocenters. The van der Waals surface area contributed by atoms with E-state index in [0.717, 1.165) is 30.0 Å². The van der Waals surface area contributed by atoms with Gasteiger partial charge >= 0.3 is 0 Å². The van der Waals surface area contributed by atoms with E-state index >= 15 is 0 Å². The number of ether oxygens (including phenoxy) is 1. The molecule has 1 N–H and O–H groups in total. The molecule has 2 aromatic carbocycles. The molecule has 0 radical (unpaired) electrons. The summed E-state index contributed by atoms with van der Waals surface area (Å²) in [6, 6.07) is 13.1. The SMILES string of the molecule is O=C(Nc1ccc(F)c(F)c1)c1cc(=O)c(OCc2ccccc2)co1. The minimum atomic E-state index is -1.10. The van der Waals surface area contributed by atoms with Crippen LogP contribution in [0.15, 0.2) is 70.1 Å². The maximum atomic E-state index is 13.2. The zero-order chi connectivity index (χ0) is 18.5. The quantitative estimate of drug-likeness (QED) is 0.755. The van der Waals surface area contributed by atoms with Crippen LogP contribution in [0.2, 0.25) is 0 Å². The molecule has 7 heteroatoms. The Hall–Kier alpha value is -3.48. The number of carbonyl (C=O) groups is 1. The van der Waals surface area contributed by atoms with Crippen molar-refractivity contribution in [1.82, 2.24) is 0 Å². The van der Waals surface area contributed by atoms with Crippen molar-refractivity contribution in [3.05, 3.63) is 94.0 Å². The van der Waals surface area contributed by atoms with Crippen molar-refractivity contribution in [3.8, 4) is 5.75 Å². The summed E-state index contributed by atoms with van der Waals surface area (Å²) in [7, 11) is 0. The fourth-order valence-corrected chi connectivity index (χ4v) is 2.13. The predicted molar refractivity (Wildman–Crippen MR) is 90.1 cm³/mol. The van der Waals surface area contributed by atoms with Crippen LogP contribution in [0.5, 0.6) is 5.75 Å². The second-order valence-electron chi connectivity index (χ2n) is 5.33. The smallest absolute Gasteiger partial charge is 0.291 e. The van der Waals surface area contributed by atoms with Gasteiger partial charge in [-0.2, -0.15) is 0 Å². The molecule has 0 saturated heterocycles. The Balaban J connectivity index is 1.69. The average Bonchev–Trinajstić information content (AvgIpc) is 2.64. The lowest BCUT2D eigenvalue weighted by atomic mass is 10.2. The van der Waals surface area contributed by atoms with Crippen LogP contribution in [0.25, 0.3) is 0 Å². The summed E-state index contributed by atoms with van der Waals surface area (Å²) in [5.41, 5.74) is 0.357. The number of amides is 1. The van der Waals surface area contributed by atoms with Crippen molar-refractivity contribution >= 4 is 11.6 Å². The number of nitrogens with one attached hydrogen (secondary N) is 1. The van der Waals surface area contributed by atoms with E-state index < -0.39 is 23.0 Å². The first-order chi connectivity index (χ1) is 12.5. The van der Waals surface area contributed by atoms with Crippen LogP contribution in [0.1, 0.15) is 16.1 Å². The molecule has 5 nitrogen and oxygen atoms in total. The van der Waals surface area contributed by atoms with Gasteiger partial charge in [0.25, 0.3) is 5.91 Å². The Labute approximate surface area is 146 Å². The van der Waals surface area contributed by atoms with Gasteiger partial charge in [0.05, 0.1) is 0 Å². The number of hydrogen-bond donors (Lipinski definition) is 1. The van der Waals surface area contributed by atoms with E-state index in [0.29, 0.717) is 0 Å². The molecular weight excluding hydrogens is 344 g/mol. The Kier molecular flexibility index (Phi) is 5.07. The van der Waals surface area contributed by atoms with Gasteiger partial charge in [-0.05, 0) is 17.7 Å². The Morgan fingerprint density at radius 1 is 1.04 bits per heavy atom. The highest BCUT2D eigenvalue weighted by atomic mass is 19.2. The van der Waals surface area contributed by atoms with E-state index in [1.54, 1.807) is 0 Å². The molecule has 0 fully saturated rings. The lowest BCUT2D eigenvalue weighted by molar-refractivity contribution is 0.0993. The van der Waals surface area contributed by atoms with Gasteiger partial charge in [0.15, 0.2) is 17.4 Å². The topological polar surface area (TPSA) is 68.5 Å². The molecule has 26 heavy (non-hydrogen) atoms. The average molecular weight is 357 g/mol. The van der Waals surface area contributed by atoms with Crippen molar-refractivity contribution in [2.45, 2.75) is 6.61 Å². The predicted octanol–water partition coefficient (Wildman–Crippen LogP) is 3.75. The number of carbonyl (C=O) groups excluding carboxylic acids is 1. The molecule has 0 bridgehead atoms.